The molecule has 0 spiro atoms. The van der Waals surface area contributed by atoms with Crippen LogP contribution in [0.15, 0.2) is 64.8 Å². The first-order valence-corrected chi connectivity index (χ1v) is 6.29. The van der Waals surface area contributed by atoms with Gasteiger partial charge in [-0.3, -0.25) is 0 Å². The Bertz CT molecular complexity index is 839. The number of nitrogens with zero attached hydrogens (tertiary/aromatic N) is 2. The number of phenolic OH excluding ortho intramolecular Hbond substituents is 3. The molecule has 3 aromatic rings. The van der Waals surface area contributed by atoms with Crippen LogP contribution in [0.2, 0.25) is 0 Å². The zero-order chi connectivity index (χ0) is 14.8. The van der Waals surface area contributed by atoms with Crippen LogP contribution in [-0.4, -0.2) is 15.3 Å². The molecule has 0 aliphatic rings. The zero-order valence-electron chi connectivity index (χ0n) is 10.9. The minimum absolute atomic E-state index is 0.00354. The van der Waals surface area contributed by atoms with Crippen molar-refractivity contribution in [3.63, 3.8) is 0 Å². The van der Waals surface area contributed by atoms with E-state index in [1.807, 2.05) is 0 Å². The van der Waals surface area contributed by atoms with Crippen molar-refractivity contribution in [2.45, 2.75) is 0 Å². The van der Waals surface area contributed by atoms with Crippen molar-refractivity contribution in [1.29, 1.82) is 0 Å². The highest BCUT2D eigenvalue weighted by molar-refractivity contribution is 5.96. The normalized spacial score (nSPS) is 11.2. The molecule has 3 N–H and O–H groups in total. The van der Waals surface area contributed by atoms with Gasteiger partial charge in [0.05, 0.1) is 0 Å². The Labute approximate surface area is 120 Å². The van der Waals surface area contributed by atoms with Crippen LogP contribution in [0.3, 0.4) is 0 Å². The molecular weight excluding hydrogens is 268 g/mol. The molecule has 0 atom stereocenters. The molecule has 0 aromatic heterocycles. The maximum Gasteiger partial charge on any atom is 0.143 e. The van der Waals surface area contributed by atoms with Gasteiger partial charge in [0.15, 0.2) is 0 Å². The molecule has 0 heterocycles. The van der Waals surface area contributed by atoms with E-state index >= 15 is 0 Å². The van der Waals surface area contributed by atoms with E-state index in [9.17, 15) is 15.3 Å². The van der Waals surface area contributed by atoms with Crippen LogP contribution in [0.5, 0.6) is 17.2 Å². The van der Waals surface area contributed by atoms with Crippen molar-refractivity contribution in [2.24, 2.45) is 10.2 Å². The lowest BCUT2D eigenvalue weighted by atomic mass is 10.1. The summed E-state index contributed by atoms with van der Waals surface area (Å²) in [5.41, 5.74) is 0.542. The Balaban J connectivity index is 2.14. The third-order valence-corrected chi connectivity index (χ3v) is 3.09. The predicted octanol–water partition coefficient (Wildman–Crippen LogP) is 4.37. The molecule has 21 heavy (non-hydrogen) atoms. The second-order valence-corrected chi connectivity index (χ2v) is 4.53. The molecule has 0 saturated carbocycles. The first kappa shape index (κ1) is 12.9. The summed E-state index contributed by atoms with van der Waals surface area (Å²) in [5.74, 6) is 0.0307. The minimum atomic E-state index is -0.0488. The van der Waals surface area contributed by atoms with E-state index in [1.54, 1.807) is 36.4 Å². The largest absolute Gasteiger partial charge is 0.508 e. The summed E-state index contributed by atoms with van der Waals surface area (Å²) < 4.78 is 0. The summed E-state index contributed by atoms with van der Waals surface area (Å²) in [6.07, 6.45) is 0. The number of rotatable bonds is 2. The number of benzene rings is 3. The van der Waals surface area contributed by atoms with Crippen molar-refractivity contribution in [1.82, 2.24) is 0 Å². The van der Waals surface area contributed by atoms with Crippen molar-refractivity contribution >= 4 is 22.1 Å². The maximum atomic E-state index is 9.95. The van der Waals surface area contributed by atoms with E-state index in [0.717, 1.165) is 5.39 Å². The van der Waals surface area contributed by atoms with E-state index < -0.39 is 0 Å². The minimum Gasteiger partial charge on any atom is -0.508 e. The fourth-order valence-corrected chi connectivity index (χ4v) is 2.04. The summed E-state index contributed by atoms with van der Waals surface area (Å²) in [7, 11) is 0. The molecule has 0 amide bonds. The van der Waals surface area contributed by atoms with Gasteiger partial charge in [0.2, 0.25) is 0 Å². The first-order chi connectivity index (χ1) is 10.1. The van der Waals surface area contributed by atoms with E-state index in [4.69, 9.17) is 0 Å². The lowest BCUT2D eigenvalue weighted by Crippen LogP contribution is -1.76. The van der Waals surface area contributed by atoms with Crippen LogP contribution in [0, 0.1) is 0 Å². The molecule has 5 nitrogen and oxygen atoms in total. The lowest BCUT2D eigenvalue weighted by molar-refractivity contribution is 0.473. The fraction of sp³-hybridized carbons (Fsp3) is 0. The smallest absolute Gasteiger partial charge is 0.143 e. The Morgan fingerprint density at radius 1 is 0.714 bits per heavy atom. The summed E-state index contributed by atoms with van der Waals surface area (Å²) in [6.45, 7) is 0. The van der Waals surface area contributed by atoms with Crippen LogP contribution in [0.1, 0.15) is 0 Å². The highest BCUT2D eigenvalue weighted by Gasteiger charge is 2.08. The number of fused-ring (bicyclic) bond motifs is 1. The summed E-state index contributed by atoms with van der Waals surface area (Å²) in [5, 5.41) is 38.5. The predicted molar refractivity (Wildman–Crippen MR) is 79.6 cm³/mol. The summed E-state index contributed by atoms with van der Waals surface area (Å²) in [6, 6.07) is 14.6. The summed E-state index contributed by atoms with van der Waals surface area (Å²) >= 11 is 0. The second-order valence-electron chi connectivity index (χ2n) is 4.53. The van der Waals surface area contributed by atoms with Gasteiger partial charge in [-0.05, 0) is 35.7 Å². The molecule has 0 bridgehead atoms. The summed E-state index contributed by atoms with van der Waals surface area (Å²) in [4.78, 5) is 0. The number of hydrogen-bond acceptors (Lipinski definition) is 5. The SMILES string of the molecule is Oc1ccc2ccc(O)c(N=Nc3ccccc3O)c2c1. The van der Waals surface area contributed by atoms with Crippen molar-refractivity contribution in [3.8, 4) is 17.2 Å². The van der Waals surface area contributed by atoms with Gasteiger partial charge in [0, 0.05) is 5.39 Å². The van der Waals surface area contributed by atoms with Crippen molar-refractivity contribution in [3.05, 3.63) is 54.6 Å². The average Bonchev–Trinajstić information content (AvgIpc) is 2.48. The van der Waals surface area contributed by atoms with Crippen molar-refractivity contribution in [2.75, 3.05) is 0 Å². The van der Waals surface area contributed by atoms with E-state index in [-0.39, 0.29) is 22.9 Å². The van der Waals surface area contributed by atoms with Gasteiger partial charge in [-0.15, -0.1) is 10.2 Å². The first-order valence-electron chi connectivity index (χ1n) is 6.29. The van der Waals surface area contributed by atoms with Crippen LogP contribution in [0.25, 0.3) is 10.8 Å². The third-order valence-electron chi connectivity index (χ3n) is 3.09. The third kappa shape index (κ3) is 2.49. The van der Waals surface area contributed by atoms with E-state index in [0.29, 0.717) is 11.1 Å². The molecule has 0 saturated heterocycles. The van der Waals surface area contributed by atoms with Crippen LogP contribution < -0.4 is 0 Å². The number of azo groups is 1. The maximum absolute atomic E-state index is 9.95. The molecule has 0 aliphatic heterocycles. The van der Waals surface area contributed by atoms with Gasteiger partial charge in [-0.1, -0.05) is 24.3 Å². The molecule has 5 heteroatoms. The second kappa shape index (κ2) is 5.13. The monoisotopic (exact) mass is 280 g/mol. The molecule has 0 fully saturated rings. The molecule has 0 aliphatic carbocycles. The topological polar surface area (TPSA) is 85.4 Å². The number of hydrogen-bond donors (Lipinski definition) is 3. The Morgan fingerprint density at radius 2 is 1.48 bits per heavy atom. The van der Waals surface area contributed by atoms with E-state index in [1.165, 1.54) is 18.2 Å². The quantitative estimate of drug-likeness (QED) is 0.609. The lowest BCUT2D eigenvalue weighted by Gasteiger charge is -2.04. The van der Waals surface area contributed by atoms with Crippen LogP contribution >= 0.6 is 0 Å². The van der Waals surface area contributed by atoms with Crippen LogP contribution in [-0.2, 0) is 0 Å². The highest BCUT2D eigenvalue weighted by Crippen LogP contribution is 2.38. The molecule has 0 unspecified atom stereocenters. The number of phenols is 3. The molecular formula is C16H12N2O3. The standard InChI is InChI=1S/C16H12N2O3/c19-11-7-5-10-6-8-15(21)16(12(10)9-11)18-17-13-3-1-2-4-14(13)20/h1-9,19-21H. The van der Waals surface area contributed by atoms with Gasteiger partial charge in [-0.25, -0.2) is 0 Å². The number of para-hydroxylation sites is 1. The van der Waals surface area contributed by atoms with Gasteiger partial charge < -0.3 is 15.3 Å². The Morgan fingerprint density at radius 3 is 2.29 bits per heavy atom. The van der Waals surface area contributed by atoms with Crippen molar-refractivity contribution < 1.29 is 15.3 Å². The van der Waals surface area contributed by atoms with Gasteiger partial charge in [0.25, 0.3) is 0 Å². The molecule has 104 valence electrons. The Kier molecular flexibility index (Phi) is 3.16. The van der Waals surface area contributed by atoms with Gasteiger partial charge in [0.1, 0.15) is 28.6 Å². The molecule has 0 radical (unpaired) electrons. The average molecular weight is 280 g/mol. The number of aromatic hydroxyl groups is 3. The zero-order valence-corrected chi connectivity index (χ0v) is 10.9. The highest BCUT2D eigenvalue weighted by atomic mass is 16.3. The molecule has 3 aromatic carbocycles. The molecule has 3 rings (SSSR count). The fourth-order valence-electron chi connectivity index (χ4n) is 2.04. The van der Waals surface area contributed by atoms with Crippen LogP contribution in [0.4, 0.5) is 11.4 Å². The van der Waals surface area contributed by atoms with E-state index in [2.05, 4.69) is 10.2 Å². The van der Waals surface area contributed by atoms with Gasteiger partial charge in [-0.2, -0.15) is 0 Å². The Hall–Kier alpha value is -3.08. The van der Waals surface area contributed by atoms with Gasteiger partial charge >= 0.3 is 0 Å².